The van der Waals surface area contributed by atoms with Gasteiger partial charge in [0.2, 0.25) is 5.91 Å². The molecule has 156 valence electrons. The fourth-order valence-electron chi connectivity index (χ4n) is 3.80. The molecule has 0 radical (unpaired) electrons. The van der Waals surface area contributed by atoms with Crippen molar-refractivity contribution < 1.29 is 9.59 Å². The van der Waals surface area contributed by atoms with Gasteiger partial charge in [0.15, 0.2) is 0 Å². The number of nitrogens with one attached hydrogen (secondary N) is 1. The van der Waals surface area contributed by atoms with E-state index >= 15 is 0 Å². The summed E-state index contributed by atoms with van der Waals surface area (Å²) in [5.74, 6) is 0.0779. The fraction of sp³-hybridized carbons (Fsp3) is 0.364. The second-order valence-corrected chi connectivity index (χ2v) is 7.76. The van der Waals surface area contributed by atoms with Crippen LogP contribution in [0.15, 0.2) is 47.8 Å². The van der Waals surface area contributed by atoms with E-state index in [9.17, 15) is 9.59 Å². The second kappa shape index (κ2) is 8.62. The van der Waals surface area contributed by atoms with Crippen LogP contribution in [0.5, 0.6) is 0 Å². The quantitative estimate of drug-likeness (QED) is 0.796. The zero-order valence-corrected chi connectivity index (χ0v) is 17.0. The van der Waals surface area contributed by atoms with Gasteiger partial charge in [-0.25, -0.2) is 9.80 Å². The van der Waals surface area contributed by atoms with Gasteiger partial charge in [-0.05, 0) is 47.9 Å². The minimum atomic E-state index is -0.138. The molecule has 1 unspecified atom stereocenters. The van der Waals surface area contributed by atoms with Crippen LogP contribution in [0, 0.1) is 5.92 Å². The summed E-state index contributed by atoms with van der Waals surface area (Å²) in [4.78, 5) is 30.7. The van der Waals surface area contributed by atoms with Gasteiger partial charge in [-0.3, -0.25) is 9.78 Å². The summed E-state index contributed by atoms with van der Waals surface area (Å²) in [7, 11) is 0. The Morgan fingerprint density at radius 1 is 1.20 bits per heavy atom. The maximum atomic E-state index is 12.6. The number of amides is 3. The number of rotatable bonds is 5. The lowest BCUT2D eigenvalue weighted by Gasteiger charge is -2.27. The maximum absolute atomic E-state index is 12.6. The Morgan fingerprint density at radius 2 is 1.97 bits per heavy atom. The lowest BCUT2D eigenvalue weighted by atomic mass is 9.93. The average molecular weight is 406 g/mol. The number of pyridine rings is 1. The molecule has 30 heavy (non-hydrogen) atoms. The summed E-state index contributed by atoms with van der Waals surface area (Å²) in [5.41, 5.74) is 10.3. The minimum absolute atomic E-state index is 0.0328. The maximum Gasteiger partial charge on any atom is 0.322 e. The number of fused-ring (bicyclic) bond motifs is 1. The number of urea groups is 1. The van der Waals surface area contributed by atoms with Crippen LogP contribution in [-0.2, 0) is 17.9 Å². The van der Waals surface area contributed by atoms with E-state index in [2.05, 4.69) is 15.4 Å². The van der Waals surface area contributed by atoms with Crippen molar-refractivity contribution in [3.05, 3.63) is 59.4 Å². The van der Waals surface area contributed by atoms with Crippen molar-refractivity contribution in [3.8, 4) is 0 Å². The van der Waals surface area contributed by atoms with Crippen molar-refractivity contribution in [2.75, 3.05) is 18.4 Å². The molecule has 3 N–H and O–H groups in total. The van der Waals surface area contributed by atoms with E-state index in [0.29, 0.717) is 32.6 Å². The molecule has 3 amide bonds. The minimum Gasteiger partial charge on any atom is -0.330 e. The SMILES string of the molecule is CC1CC(=O)N(CCCN)N=C1c1ccc(NC(=O)N2Cc3ccncc3C2)cc1. The van der Waals surface area contributed by atoms with Gasteiger partial charge < -0.3 is 16.0 Å². The Morgan fingerprint density at radius 3 is 2.70 bits per heavy atom. The van der Waals surface area contributed by atoms with Crippen molar-refractivity contribution >= 4 is 23.3 Å². The Bertz CT molecular complexity index is 947. The number of hydrogen-bond donors (Lipinski definition) is 2. The van der Waals surface area contributed by atoms with Crippen molar-refractivity contribution in [1.82, 2.24) is 14.9 Å². The third-order valence-corrected chi connectivity index (χ3v) is 5.48. The van der Waals surface area contributed by atoms with Crippen LogP contribution in [-0.4, -0.2) is 45.6 Å². The number of aromatic nitrogens is 1. The molecule has 3 heterocycles. The summed E-state index contributed by atoms with van der Waals surface area (Å²) < 4.78 is 0. The van der Waals surface area contributed by atoms with Gasteiger partial charge in [0.25, 0.3) is 0 Å². The number of hydrazone groups is 1. The van der Waals surface area contributed by atoms with E-state index in [0.717, 1.165) is 34.5 Å². The number of anilines is 1. The first-order valence-corrected chi connectivity index (χ1v) is 10.2. The summed E-state index contributed by atoms with van der Waals surface area (Å²) in [5, 5.41) is 9.05. The smallest absolute Gasteiger partial charge is 0.322 e. The summed E-state index contributed by atoms with van der Waals surface area (Å²) in [6.45, 7) is 4.22. The average Bonchev–Trinajstić information content (AvgIpc) is 3.18. The lowest BCUT2D eigenvalue weighted by molar-refractivity contribution is -0.132. The molecule has 1 aromatic carbocycles. The zero-order valence-electron chi connectivity index (χ0n) is 17.0. The molecule has 0 bridgehead atoms. The molecule has 0 fully saturated rings. The number of nitrogens with two attached hydrogens (primary N) is 1. The Kier molecular flexibility index (Phi) is 5.76. The number of carbonyl (C=O) groups excluding carboxylic acids is 2. The number of carbonyl (C=O) groups is 2. The van der Waals surface area contributed by atoms with E-state index < -0.39 is 0 Å². The Labute approximate surface area is 175 Å². The first kappa shape index (κ1) is 20.0. The third kappa shape index (κ3) is 4.18. The van der Waals surface area contributed by atoms with E-state index in [1.165, 1.54) is 5.01 Å². The van der Waals surface area contributed by atoms with E-state index in [4.69, 9.17) is 5.73 Å². The van der Waals surface area contributed by atoms with Gasteiger partial charge in [-0.1, -0.05) is 19.1 Å². The number of hydrogen-bond acceptors (Lipinski definition) is 5. The van der Waals surface area contributed by atoms with Crippen LogP contribution >= 0.6 is 0 Å². The third-order valence-electron chi connectivity index (χ3n) is 5.48. The molecule has 0 saturated heterocycles. The highest BCUT2D eigenvalue weighted by molar-refractivity contribution is 6.06. The first-order valence-electron chi connectivity index (χ1n) is 10.2. The van der Waals surface area contributed by atoms with Crippen LogP contribution < -0.4 is 11.1 Å². The Hall–Kier alpha value is -3.26. The van der Waals surface area contributed by atoms with Crippen molar-refractivity contribution in [2.45, 2.75) is 32.9 Å². The summed E-state index contributed by atoms with van der Waals surface area (Å²) in [6, 6.07) is 9.42. The molecule has 0 spiro atoms. The second-order valence-electron chi connectivity index (χ2n) is 7.76. The number of nitrogens with zero attached hydrogens (tertiary/aromatic N) is 4. The summed E-state index contributed by atoms with van der Waals surface area (Å²) in [6.07, 6.45) is 4.72. The zero-order chi connectivity index (χ0) is 21.1. The van der Waals surface area contributed by atoms with Crippen molar-refractivity contribution in [2.24, 2.45) is 16.8 Å². The topological polar surface area (TPSA) is 104 Å². The fourth-order valence-corrected chi connectivity index (χ4v) is 3.80. The molecule has 0 aliphatic carbocycles. The first-order chi connectivity index (χ1) is 14.5. The molecule has 2 aromatic rings. The molecule has 0 saturated carbocycles. The summed E-state index contributed by atoms with van der Waals surface area (Å²) >= 11 is 0. The molecular formula is C22H26N6O2. The van der Waals surface area contributed by atoms with Crippen molar-refractivity contribution in [3.63, 3.8) is 0 Å². The normalized spacial score (nSPS) is 18.3. The van der Waals surface area contributed by atoms with Crippen LogP contribution in [0.2, 0.25) is 0 Å². The predicted octanol–water partition coefficient (Wildman–Crippen LogP) is 2.55. The predicted molar refractivity (Wildman–Crippen MR) is 115 cm³/mol. The molecule has 8 heteroatoms. The molecule has 2 aliphatic rings. The molecular weight excluding hydrogens is 380 g/mol. The van der Waals surface area contributed by atoms with Crippen molar-refractivity contribution in [1.29, 1.82) is 0 Å². The molecule has 2 aliphatic heterocycles. The Balaban J connectivity index is 1.42. The highest BCUT2D eigenvalue weighted by Crippen LogP contribution is 2.24. The van der Waals surface area contributed by atoms with Gasteiger partial charge in [-0.15, -0.1) is 0 Å². The van der Waals surface area contributed by atoms with E-state index in [-0.39, 0.29) is 17.9 Å². The van der Waals surface area contributed by atoms with Crippen LogP contribution in [0.1, 0.15) is 36.5 Å². The molecule has 1 aromatic heterocycles. The van der Waals surface area contributed by atoms with Gasteiger partial charge >= 0.3 is 6.03 Å². The highest BCUT2D eigenvalue weighted by atomic mass is 16.2. The van der Waals surface area contributed by atoms with Crippen LogP contribution in [0.4, 0.5) is 10.5 Å². The van der Waals surface area contributed by atoms with Gasteiger partial charge in [0, 0.05) is 50.1 Å². The van der Waals surface area contributed by atoms with E-state index in [1.54, 1.807) is 11.1 Å². The van der Waals surface area contributed by atoms with Crippen LogP contribution in [0.25, 0.3) is 0 Å². The number of benzene rings is 1. The standard InChI is InChI=1S/C22H26N6O2/c1-15-11-20(29)28(10-2-8-23)26-21(15)16-3-5-19(6-4-16)25-22(30)27-13-17-7-9-24-12-18(17)14-27/h3-7,9,12,15H,2,8,10-11,13-14,23H2,1H3,(H,25,30). The van der Waals surface area contributed by atoms with Gasteiger partial charge in [-0.2, -0.15) is 5.10 Å². The molecule has 4 rings (SSSR count). The van der Waals surface area contributed by atoms with Gasteiger partial charge in [0.05, 0.1) is 5.71 Å². The lowest BCUT2D eigenvalue weighted by Crippen LogP contribution is -2.37. The molecule has 1 atom stereocenters. The van der Waals surface area contributed by atoms with Gasteiger partial charge in [0.1, 0.15) is 0 Å². The highest BCUT2D eigenvalue weighted by Gasteiger charge is 2.27. The molecule has 8 nitrogen and oxygen atoms in total. The monoisotopic (exact) mass is 406 g/mol. The van der Waals surface area contributed by atoms with Crippen LogP contribution in [0.3, 0.4) is 0 Å². The largest absolute Gasteiger partial charge is 0.330 e. The van der Waals surface area contributed by atoms with E-state index in [1.807, 2.05) is 43.5 Å².